The van der Waals surface area contributed by atoms with Gasteiger partial charge >= 0.3 is 0 Å². The summed E-state index contributed by atoms with van der Waals surface area (Å²) < 4.78 is 12.7. The van der Waals surface area contributed by atoms with Crippen LogP contribution in [0.1, 0.15) is 58.4 Å². The van der Waals surface area contributed by atoms with E-state index in [2.05, 4.69) is 10.6 Å². The molecule has 2 amide bonds. The highest BCUT2D eigenvalue weighted by Gasteiger charge is 2.21. The molecule has 1 aliphatic carbocycles. The molecule has 0 spiro atoms. The van der Waals surface area contributed by atoms with Gasteiger partial charge in [-0.3, -0.25) is 9.59 Å². The standard InChI is InChI=1S/C30H31N3O4S2/c1-36-22-13-15-26(37-2)19(16-22)18-38-30-33-25-14-12-21(17-27(25)39-30)32-29(35)24-11-7-6-10-23(24)28(34)31-20-8-4-3-5-9-20/h6-7,10-17,20H,3-5,8-9,18H2,1-2H3,(H,31,34)(H,32,35). The zero-order valence-corrected chi connectivity index (χ0v) is 23.6. The third kappa shape index (κ3) is 6.54. The Labute approximate surface area is 236 Å². The third-order valence-corrected chi connectivity index (χ3v) is 9.03. The van der Waals surface area contributed by atoms with Gasteiger partial charge < -0.3 is 20.1 Å². The minimum atomic E-state index is -0.312. The number of carbonyl (C=O) groups excluding carboxylic acids is 2. The molecule has 39 heavy (non-hydrogen) atoms. The molecule has 9 heteroatoms. The smallest absolute Gasteiger partial charge is 0.256 e. The van der Waals surface area contributed by atoms with E-state index in [0.717, 1.165) is 57.3 Å². The van der Waals surface area contributed by atoms with E-state index in [0.29, 0.717) is 22.6 Å². The minimum absolute atomic E-state index is 0.174. The monoisotopic (exact) mass is 561 g/mol. The van der Waals surface area contributed by atoms with Gasteiger partial charge in [-0.2, -0.15) is 0 Å². The Morgan fingerprint density at radius 1 is 0.949 bits per heavy atom. The lowest BCUT2D eigenvalue weighted by Gasteiger charge is -2.23. The van der Waals surface area contributed by atoms with Gasteiger partial charge in [0.2, 0.25) is 0 Å². The summed E-state index contributed by atoms with van der Waals surface area (Å²) in [6.07, 6.45) is 5.45. The average molecular weight is 562 g/mol. The molecule has 1 saturated carbocycles. The topological polar surface area (TPSA) is 89.6 Å². The largest absolute Gasteiger partial charge is 0.497 e. The zero-order valence-electron chi connectivity index (χ0n) is 22.0. The normalized spacial score (nSPS) is 13.7. The van der Waals surface area contributed by atoms with Gasteiger partial charge in [-0.05, 0) is 61.4 Å². The van der Waals surface area contributed by atoms with Crippen LogP contribution in [-0.4, -0.2) is 37.1 Å². The van der Waals surface area contributed by atoms with Crippen LogP contribution in [0.5, 0.6) is 11.5 Å². The van der Waals surface area contributed by atoms with Crippen LogP contribution in [0.25, 0.3) is 10.2 Å². The molecule has 1 aliphatic rings. The second-order valence-electron chi connectivity index (χ2n) is 9.44. The lowest BCUT2D eigenvalue weighted by molar-refractivity contribution is 0.0917. The van der Waals surface area contributed by atoms with Crippen molar-refractivity contribution in [3.63, 3.8) is 0 Å². The van der Waals surface area contributed by atoms with E-state index < -0.39 is 0 Å². The second kappa shape index (κ2) is 12.5. The molecule has 4 aromatic rings. The molecule has 5 rings (SSSR count). The van der Waals surface area contributed by atoms with Gasteiger partial charge in [0.15, 0.2) is 4.34 Å². The Hall–Kier alpha value is -3.56. The summed E-state index contributed by atoms with van der Waals surface area (Å²) in [7, 11) is 3.30. The van der Waals surface area contributed by atoms with Gasteiger partial charge in [0, 0.05) is 23.0 Å². The number of nitrogens with one attached hydrogen (secondary N) is 2. The van der Waals surface area contributed by atoms with E-state index in [1.165, 1.54) is 6.42 Å². The molecule has 0 atom stereocenters. The first-order valence-electron chi connectivity index (χ1n) is 13.0. The number of aromatic nitrogens is 1. The summed E-state index contributed by atoms with van der Waals surface area (Å²) in [5.41, 5.74) is 3.31. The summed E-state index contributed by atoms with van der Waals surface area (Å²) in [4.78, 5) is 30.9. The minimum Gasteiger partial charge on any atom is -0.497 e. The average Bonchev–Trinajstić information content (AvgIpc) is 3.38. The number of anilines is 1. The molecule has 7 nitrogen and oxygen atoms in total. The van der Waals surface area contributed by atoms with E-state index in [9.17, 15) is 9.59 Å². The molecule has 3 aromatic carbocycles. The fraction of sp³-hybridized carbons (Fsp3) is 0.300. The highest BCUT2D eigenvalue weighted by Crippen LogP contribution is 2.35. The van der Waals surface area contributed by atoms with Crippen LogP contribution in [0.4, 0.5) is 5.69 Å². The predicted molar refractivity (Wildman–Crippen MR) is 157 cm³/mol. The number of fused-ring (bicyclic) bond motifs is 1. The lowest BCUT2D eigenvalue weighted by Crippen LogP contribution is -2.37. The van der Waals surface area contributed by atoms with Crippen molar-refractivity contribution in [2.45, 2.75) is 48.2 Å². The van der Waals surface area contributed by atoms with Crippen LogP contribution in [0.2, 0.25) is 0 Å². The van der Waals surface area contributed by atoms with Crippen LogP contribution in [0, 0.1) is 0 Å². The van der Waals surface area contributed by atoms with Gasteiger partial charge in [0.25, 0.3) is 11.8 Å². The van der Waals surface area contributed by atoms with Crippen molar-refractivity contribution >= 4 is 50.8 Å². The first-order valence-corrected chi connectivity index (χ1v) is 14.8. The van der Waals surface area contributed by atoms with Crippen LogP contribution in [-0.2, 0) is 5.75 Å². The van der Waals surface area contributed by atoms with Gasteiger partial charge in [-0.25, -0.2) is 4.98 Å². The second-order valence-corrected chi connectivity index (χ2v) is 11.7. The summed E-state index contributed by atoms with van der Waals surface area (Å²) in [6, 6.07) is 18.6. The number of hydrogen-bond donors (Lipinski definition) is 2. The van der Waals surface area contributed by atoms with Crippen molar-refractivity contribution in [3.05, 3.63) is 77.4 Å². The van der Waals surface area contributed by atoms with Crippen LogP contribution in [0.3, 0.4) is 0 Å². The Morgan fingerprint density at radius 3 is 2.46 bits per heavy atom. The van der Waals surface area contributed by atoms with Gasteiger partial charge in [-0.1, -0.05) is 43.2 Å². The van der Waals surface area contributed by atoms with Crippen molar-refractivity contribution in [1.82, 2.24) is 10.3 Å². The molecule has 1 heterocycles. The van der Waals surface area contributed by atoms with E-state index in [4.69, 9.17) is 14.5 Å². The van der Waals surface area contributed by atoms with Crippen molar-refractivity contribution in [2.75, 3.05) is 19.5 Å². The Morgan fingerprint density at radius 2 is 1.72 bits per heavy atom. The Kier molecular flexibility index (Phi) is 8.68. The Bertz CT molecular complexity index is 1480. The first kappa shape index (κ1) is 27.0. The van der Waals surface area contributed by atoms with E-state index >= 15 is 0 Å². The summed E-state index contributed by atoms with van der Waals surface area (Å²) in [6.45, 7) is 0. The molecular weight excluding hydrogens is 530 g/mol. The van der Waals surface area contributed by atoms with E-state index in [1.54, 1.807) is 61.6 Å². The lowest BCUT2D eigenvalue weighted by atomic mass is 9.95. The number of rotatable bonds is 9. The van der Waals surface area contributed by atoms with Gasteiger partial charge in [-0.15, -0.1) is 11.3 Å². The molecule has 0 radical (unpaired) electrons. The van der Waals surface area contributed by atoms with Crippen molar-refractivity contribution in [2.24, 2.45) is 0 Å². The number of thiazole rings is 1. The molecule has 0 saturated heterocycles. The third-order valence-electron chi connectivity index (χ3n) is 6.82. The highest BCUT2D eigenvalue weighted by molar-refractivity contribution is 8.00. The highest BCUT2D eigenvalue weighted by atomic mass is 32.2. The molecule has 0 aliphatic heterocycles. The maximum Gasteiger partial charge on any atom is 0.256 e. The predicted octanol–water partition coefficient (Wildman–Crippen LogP) is 6.92. The SMILES string of the molecule is COc1ccc(OC)c(CSc2nc3ccc(NC(=O)c4ccccc4C(=O)NC4CCCCC4)cc3s2)c1. The van der Waals surface area contributed by atoms with Crippen LogP contribution < -0.4 is 20.1 Å². The Balaban J connectivity index is 1.27. The summed E-state index contributed by atoms with van der Waals surface area (Å²) in [5.74, 6) is 1.77. The van der Waals surface area contributed by atoms with Crippen molar-refractivity contribution < 1.29 is 19.1 Å². The number of amides is 2. The molecule has 202 valence electrons. The number of thioether (sulfide) groups is 1. The molecule has 2 N–H and O–H groups in total. The molecule has 1 fully saturated rings. The number of hydrogen-bond acceptors (Lipinski definition) is 7. The molecule has 0 bridgehead atoms. The van der Waals surface area contributed by atoms with Crippen molar-refractivity contribution in [1.29, 1.82) is 0 Å². The van der Waals surface area contributed by atoms with Crippen LogP contribution in [0.15, 0.2) is 65.0 Å². The van der Waals surface area contributed by atoms with Crippen molar-refractivity contribution in [3.8, 4) is 11.5 Å². The number of carbonyl (C=O) groups is 2. The maximum absolute atomic E-state index is 13.2. The fourth-order valence-corrected chi connectivity index (χ4v) is 6.85. The fourth-order valence-electron chi connectivity index (χ4n) is 4.76. The number of nitrogens with zero attached hydrogens (tertiary/aromatic N) is 1. The zero-order chi connectivity index (χ0) is 27.2. The van der Waals surface area contributed by atoms with E-state index in [-0.39, 0.29) is 17.9 Å². The van der Waals surface area contributed by atoms with Gasteiger partial charge in [0.05, 0.1) is 35.6 Å². The van der Waals surface area contributed by atoms with Crippen LogP contribution >= 0.6 is 23.1 Å². The first-order chi connectivity index (χ1) is 19.0. The van der Waals surface area contributed by atoms with Gasteiger partial charge in [0.1, 0.15) is 11.5 Å². The quantitative estimate of drug-likeness (QED) is 0.216. The molecular formula is C30H31N3O4S2. The molecule has 1 aromatic heterocycles. The summed E-state index contributed by atoms with van der Waals surface area (Å²) in [5, 5.41) is 6.08. The number of methoxy groups -OCH3 is 2. The number of benzene rings is 3. The maximum atomic E-state index is 13.2. The molecule has 0 unspecified atom stereocenters. The number of ether oxygens (including phenoxy) is 2. The summed E-state index contributed by atoms with van der Waals surface area (Å²) >= 11 is 3.19. The van der Waals surface area contributed by atoms with E-state index in [1.807, 2.05) is 36.4 Å².